The topological polar surface area (TPSA) is 137 Å². The van der Waals surface area contributed by atoms with Crippen molar-refractivity contribution in [3.05, 3.63) is 10.4 Å². The fourth-order valence-electron chi connectivity index (χ4n) is 2.03. The summed E-state index contributed by atoms with van der Waals surface area (Å²) < 4.78 is 20.3. The lowest BCUT2D eigenvalue weighted by Crippen LogP contribution is -2.52. The van der Waals surface area contributed by atoms with Crippen molar-refractivity contribution in [2.24, 2.45) is 5.11 Å². The third-order valence-corrected chi connectivity index (χ3v) is 2.76. The monoisotopic (exact) mass is 315 g/mol. The fourth-order valence-corrected chi connectivity index (χ4v) is 2.03. The van der Waals surface area contributed by atoms with Gasteiger partial charge in [-0.15, -0.1) is 0 Å². The second-order valence-electron chi connectivity index (χ2n) is 4.60. The van der Waals surface area contributed by atoms with Crippen LogP contribution < -0.4 is 0 Å². The molecule has 1 saturated heterocycles. The highest BCUT2D eigenvalue weighted by atomic mass is 16.7. The lowest BCUT2D eigenvalue weighted by molar-refractivity contribution is -0.238. The maximum atomic E-state index is 11.2. The number of carbonyl (C=O) groups excluding carboxylic acids is 3. The van der Waals surface area contributed by atoms with Crippen LogP contribution in [-0.2, 0) is 33.3 Å². The Morgan fingerprint density at radius 3 is 2.32 bits per heavy atom. The third-order valence-electron chi connectivity index (χ3n) is 2.76. The third kappa shape index (κ3) is 5.58. The average molecular weight is 315 g/mol. The maximum Gasteiger partial charge on any atom is 0.304 e. The highest BCUT2D eigenvalue weighted by molar-refractivity contribution is 5.67. The van der Waals surface area contributed by atoms with E-state index in [0.29, 0.717) is 0 Å². The molecule has 0 bridgehead atoms. The van der Waals surface area contributed by atoms with Crippen molar-refractivity contribution >= 4 is 17.9 Å². The summed E-state index contributed by atoms with van der Waals surface area (Å²) in [6, 6.07) is -0.812. The van der Waals surface area contributed by atoms with Gasteiger partial charge in [0.15, 0.2) is 0 Å². The summed E-state index contributed by atoms with van der Waals surface area (Å²) in [5.74, 6) is -1.74. The molecule has 0 aromatic rings. The summed E-state index contributed by atoms with van der Waals surface area (Å²) >= 11 is 0. The van der Waals surface area contributed by atoms with Gasteiger partial charge in [0.1, 0.15) is 18.8 Å². The Labute approximate surface area is 126 Å². The van der Waals surface area contributed by atoms with E-state index in [-0.39, 0.29) is 13.0 Å². The van der Waals surface area contributed by atoms with Crippen LogP contribution in [0.5, 0.6) is 0 Å². The minimum atomic E-state index is -0.986. The maximum absolute atomic E-state index is 11.2. The Kier molecular flexibility index (Phi) is 6.61. The van der Waals surface area contributed by atoms with Crippen molar-refractivity contribution in [2.75, 3.05) is 6.61 Å². The Hall–Kier alpha value is -2.32. The van der Waals surface area contributed by atoms with Crippen molar-refractivity contribution in [1.29, 1.82) is 0 Å². The van der Waals surface area contributed by atoms with Crippen LogP contribution in [0.1, 0.15) is 27.2 Å². The molecule has 1 fully saturated rings. The van der Waals surface area contributed by atoms with Gasteiger partial charge in [0.2, 0.25) is 6.29 Å². The molecule has 10 heteroatoms. The van der Waals surface area contributed by atoms with Crippen molar-refractivity contribution < 1.29 is 33.3 Å². The first-order valence-corrected chi connectivity index (χ1v) is 6.51. The first-order valence-electron chi connectivity index (χ1n) is 6.51. The number of azide groups is 1. The zero-order valence-electron chi connectivity index (χ0n) is 12.4. The molecule has 1 unspecified atom stereocenters. The van der Waals surface area contributed by atoms with Crippen LogP contribution in [-0.4, -0.2) is 49.1 Å². The molecule has 1 aliphatic heterocycles. The van der Waals surface area contributed by atoms with Gasteiger partial charge in [-0.25, -0.2) is 0 Å². The molecule has 0 spiro atoms. The summed E-state index contributed by atoms with van der Waals surface area (Å²) in [5.41, 5.74) is 8.63. The van der Waals surface area contributed by atoms with Gasteiger partial charge >= 0.3 is 17.9 Å². The zero-order chi connectivity index (χ0) is 16.7. The van der Waals surface area contributed by atoms with E-state index in [4.69, 9.17) is 24.5 Å². The first-order chi connectivity index (χ1) is 10.3. The van der Waals surface area contributed by atoms with E-state index in [1.165, 1.54) is 20.8 Å². The smallest absolute Gasteiger partial charge is 0.304 e. The van der Waals surface area contributed by atoms with Crippen molar-refractivity contribution in [1.82, 2.24) is 0 Å². The molecule has 0 aromatic heterocycles. The van der Waals surface area contributed by atoms with E-state index in [2.05, 4.69) is 10.0 Å². The van der Waals surface area contributed by atoms with Gasteiger partial charge in [0.05, 0.1) is 6.04 Å². The van der Waals surface area contributed by atoms with Crippen LogP contribution in [0.4, 0.5) is 0 Å². The molecule has 0 amide bonds. The van der Waals surface area contributed by atoms with Gasteiger partial charge in [-0.3, -0.25) is 14.4 Å². The summed E-state index contributed by atoms with van der Waals surface area (Å²) in [6.07, 6.45) is -2.82. The number of nitrogens with zero attached hydrogens (tertiary/aromatic N) is 3. The van der Waals surface area contributed by atoms with Gasteiger partial charge in [-0.05, 0) is 5.53 Å². The molecule has 0 radical (unpaired) electrons. The molecule has 1 rings (SSSR count). The Bertz CT molecular complexity index is 489. The van der Waals surface area contributed by atoms with Crippen molar-refractivity contribution in [3.8, 4) is 0 Å². The molecule has 4 atom stereocenters. The Balaban J connectivity index is 2.94. The molecule has 1 heterocycles. The molecule has 0 saturated carbocycles. The van der Waals surface area contributed by atoms with Gasteiger partial charge in [-0.1, -0.05) is 5.11 Å². The average Bonchev–Trinajstić information content (AvgIpc) is 2.38. The lowest BCUT2D eigenvalue weighted by Gasteiger charge is -2.38. The normalized spacial score (nSPS) is 27.2. The van der Waals surface area contributed by atoms with Crippen LogP contribution >= 0.6 is 0 Å². The molecular formula is C12H17N3O7. The van der Waals surface area contributed by atoms with Crippen LogP contribution in [0.15, 0.2) is 5.11 Å². The standard InChI is InChI=1S/C12H17N3O7/c1-6(16)19-5-10-12(21-8(3)18)9(14-15-13)4-11(22-10)20-7(2)17/h9-12H,4-5H2,1-3H3/t9-,10-,11?,12+/m1/s1. The SMILES string of the molecule is CC(=O)OC[C@H]1OC(OC(C)=O)C[C@@H](N=[N+]=[N-])[C@@H]1OC(C)=O. The van der Waals surface area contributed by atoms with E-state index in [1.807, 2.05) is 0 Å². The molecule has 0 aromatic carbocycles. The van der Waals surface area contributed by atoms with Crippen LogP contribution in [0.2, 0.25) is 0 Å². The Morgan fingerprint density at radius 2 is 1.82 bits per heavy atom. The van der Waals surface area contributed by atoms with Crippen LogP contribution in [0, 0.1) is 0 Å². The Morgan fingerprint density at radius 1 is 1.18 bits per heavy atom. The highest BCUT2D eigenvalue weighted by Crippen LogP contribution is 2.27. The minimum absolute atomic E-state index is 0.0260. The first kappa shape index (κ1) is 17.7. The van der Waals surface area contributed by atoms with Gasteiger partial charge in [-0.2, -0.15) is 0 Å². The number of rotatable bonds is 5. The second-order valence-corrected chi connectivity index (χ2v) is 4.60. The van der Waals surface area contributed by atoms with E-state index in [9.17, 15) is 14.4 Å². The van der Waals surface area contributed by atoms with Crippen molar-refractivity contribution in [3.63, 3.8) is 0 Å². The van der Waals surface area contributed by atoms with E-state index in [0.717, 1.165) is 0 Å². The second kappa shape index (κ2) is 8.20. The summed E-state index contributed by atoms with van der Waals surface area (Å²) in [6.45, 7) is 3.36. The number of hydrogen-bond donors (Lipinski definition) is 0. The zero-order valence-corrected chi connectivity index (χ0v) is 12.4. The predicted molar refractivity (Wildman–Crippen MR) is 70.2 cm³/mol. The summed E-state index contributed by atoms with van der Waals surface area (Å²) in [5, 5.41) is 3.54. The van der Waals surface area contributed by atoms with E-state index in [1.54, 1.807) is 0 Å². The summed E-state index contributed by atoms with van der Waals surface area (Å²) in [7, 11) is 0. The molecular weight excluding hydrogens is 298 g/mol. The number of hydrogen-bond acceptors (Lipinski definition) is 8. The fraction of sp³-hybridized carbons (Fsp3) is 0.750. The van der Waals surface area contributed by atoms with Gasteiger partial charge < -0.3 is 18.9 Å². The molecule has 10 nitrogen and oxygen atoms in total. The molecule has 22 heavy (non-hydrogen) atoms. The van der Waals surface area contributed by atoms with Gasteiger partial charge in [0, 0.05) is 32.1 Å². The molecule has 0 N–H and O–H groups in total. The minimum Gasteiger partial charge on any atom is -0.463 e. The van der Waals surface area contributed by atoms with E-state index < -0.39 is 42.4 Å². The molecule has 0 aliphatic carbocycles. The highest BCUT2D eigenvalue weighted by Gasteiger charge is 2.42. The van der Waals surface area contributed by atoms with Crippen LogP contribution in [0.25, 0.3) is 10.4 Å². The largest absolute Gasteiger partial charge is 0.463 e. The lowest BCUT2D eigenvalue weighted by atomic mass is 9.99. The van der Waals surface area contributed by atoms with Gasteiger partial charge in [0.25, 0.3) is 0 Å². The number of ether oxygens (including phenoxy) is 4. The molecule has 122 valence electrons. The van der Waals surface area contributed by atoms with Crippen molar-refractivity contribution in [2.45, 2.75) is 51.7 Å². The quantitative estimate of drug-likeness (QED) is 0.241. The number of carbonyl (C=O) groups is 3. The summed E-state index contributed by atoms with van der Waals surface area (Å²) in [4.78, 5) is 35.9. The molecule has 1 aliphatic rings. The number of esters is 3. The van der Waals surface area contributed by atoms with Crippen LogP contribution in [0.3, 0.4) is 0 Å². The predicted octanol–water partition coefficient (Wildman–Crippen LogP) is 0.838. The van der Waals surface area contributed by atoms with E-state index >= 15 is 0 Å².